The molecule has 0 aliphatic rings. The zero-order chi connectivity index (χ0) is 47.2. The van der Waals surface area contributed by atoms with Crippen molar-refractivity contribution in [2.24, 2.45) is 0 Å². The number of rotatable bonds is 10. The number of para-hydroxylation sites is 3. The van der Waals surface area contributed by atoms with Gasteiger partial charge in [0.25, 0.3) is 0 Å². The third-order valence-electron chi connectivity index (χ3n) is 14.6. The maximum absolute atomic E-state index is 4.15. The Kier molecular flexibility index (Phi) is 9.23. The molecule has 0 radical (unpaired) electrons. The summed E-state index contributed by atoms with van der Waals surface area (Å²) >= 11 is 0. The molecule has 4 heteroatoms. The molecule has 4 nitrogen and oxygen atoms in total. The number of anilines is 5. The van der Waals surface area contributed by atoms with E-state index in [-0.39, 0.29) is 0 Å². The van der Waals surface area contributed by atoms with E-state index in [0.29, 0.717) is 0 Å². The van der Waals surface area contributed by atoms with E-state index in [4.69, 9.17) is 0 Å². The number of nitrogens with zero attached hydrogens (tertiary/aromatic N) is 4. The molecule has 4 heterocycles. The minimum absolute atomic E-state index is 1.03. The van der Waals surface area contributed by atoms with Gasteiger partial charge >= 0.3 is 0 Å². The van der Waals surface area contributed by atoms with Crippen LogP contribution in [0.25, 0.3) is 98.4 Å². The van der Waals surface area contributed by atoms with Crippen molar-refractivity contribution in [3.8, 4) is 22.3 Å². The molecule has 0 aliphatic heterocycles. The lowest BCUT2D eigenvalue weighted by atomic mass is 10.0. The highest BCUT2D eigenvalue weighted by Gasteiger charge is 2.27. The summed E-state index contributed by atoms with van der Waals surface area (Å²) in [4.78, 5) is 4.82. The van der Waals surface area contributed by atoms with E-state index in [1.807, 2.05) is 6.08 Å². The Hall–Kier alpha value is -9.38. The van der Waals surface area contributed by atoms with E-state index in [1.165, 1.54) is 98.4 Å². The number of hydrogen-bond donors (Lipinski definition) is 0. The highest BCUT2D eigenvalue weighted by molar-refractivity contribution is 6.31. The van der Waals surface area contributed by atoms with Crippen LogP contribution in [0.5, 0.6) is 0 Å². The molecule has 0 saturated heterocycles. The van der Waals surface area contributed by atoms with Gasteiger partial charge in [0.2, 0.25) is 0 Å². The topological polar surface area (TPSA) is 15.3 Å². The summed E-state index contributed by atoms with van der Waals surface area (Å²) in [5, 5.41) is 9.89. The van der Waals surface area contributed by atoms with Crippen LogP contribution in [0, 0.1) is 0 Å². The average Bonchev–Trinajstić information content (AvgIpc) is 4.18. The molecular formula is C67H46N4. The molecule has 0 saturated carbocycles. The average molecular weight is 907 g/mol. The van der Waals surface area contributed by atoms with Gasteiger partial charge in [0.1, 0.15) is 0 Å². The molecule has 71 heavy (non-hydrogen) atoms. The molecular weight excluding hydrogens is 861 g/mol. The fourth-order valence-electron chi connectivity index (χ4n) is 11.7. The maximum Gasteiger partial charge on any atom is 0.0621 e. The van der Waals surface area contributed by atoms with Crippen LogP contribution in [-0.2, 0) is 0 Å². The normalized spacial score (nSPS) is 12.4. The van der Waals surface area contributed by atoms with Crippen LogP contribution in [0.1, 0.15) is 6.92 Å². The van der Waals surface area contributed by atoms with E-state index in [9.17, 15) is 0 Å². The van der Waals surface area contributed by atoms with Gasteiger partial charge in [-0.05, 0) is 114 Å². The van der Waals surface area contributed by atoms with Crippen molar-refractivity contribution in [1.29, 1.82) is 0 Å². The second-order valence-corrected chi connectivity index (χ2v) is 18.5. The summed E-state index contributed by atoms with van der Waals surface area (Å²) in [6.07, 6.45) is 8.27. The minimum Gasteiger partial charge on any atom is -0.310 e. The maximum atomic E-state index is 4.15. The molecule has 0 unspecified atom stereocenters. The first-order valence-corrected chi connectivity index (χ1v) is 24.4. The van der Waals surface area contributed by atoms with E-state index in [0.717, 1.165) is 34.1 Å². The summed E-state index contributed by atoms with van der Waals surface area (Å²) in [5.74, 6) is 0. The Balaban J connectivity index is 1.00. The van der Waals surface area contributed by atoms with Crippen LogP contribution >= 0.6 is 0 Å². The molecule has 14 aromatic rings. The van der Waals surface area contributed by atoms with Crippen molar-refractivity contribution in [1.82, 2.24) is 8.80 Å². The van der Waals surface area contributed by atoms with Crippen molar-refractivity contribution in [3.05, 3.63) is 261 Å². The Morgan fingerprint density at radius 2 is 0.845 bits per heavy atom. The van der Waals surface area contributed by atoms with Gasteiger partial charge in [0.05, 0.1) is 44.5 Å². The van der Waals surface area contributed by atoms with Crippen molar-refractivity contribution in [2.75, 3.05) is 9.80 Å². The van der Waals surface area contributed by atoms with Gasteiger partial charge in [-0.1, -0.05) is 170 Å². The van der Waals surface area contributed by atoms with E-state index < -0.39 is 0 Å². The second-order valence-electron chi connectivity index (χ2n) is 18.5. The Labute approximate surface area is 411 Å². The minimum atomic E-state index is 1.03. The molecule has 0 fully saturated rings. The number of benzene rings is 10. The van der Waals surface area contributed by atoms with Gasteiger partial charge in [-0.2, -0.15) is 0 Å². The highest BCUT2D eigenvalue weighted by Crippen LogP contribution is 2.50. The van der Waals surface area contributed by atoms with E-state index >= 15 is 0 Å². The van der Waals surface area contributed by atoms with Crippen LogP contribution in [0.4, 0.5) is 28.4 Å². The zero-order valence-corrected chi connectivity index (χ0v) is 39.2. The van der Waals surface area contributed by atoms with Crippen molar-refractivity contribution < 1.29 is 0 Å². The molecule has 0 atom stereocenters. The summed E-state index contributed by atoms with van der Waals surface area (Å²) in [6, 6.07) is 82.1. The van der Waals surface area contributed by atoms with Crippen LogP contribution in [-0.4, -0.2) is 8.80 Å². The molecule has 0 bridgehead atoms. The first-order chi connectivity index (χ1) is 35.2. The molecule has 0 spiro atoms. The van der Waals surface area contributed by atoms with Gasteiger partial charge in [0, 0.05) is 65.8 Å². The fourth-order valence-corrected chi connectivity index (χ4v) is 11.7. The molecule has 4 aromatic heterocycles. The lowest BCUT2D eigenvalue weighted by Crippen LogP contribution is -2.15. The van der Waals surface area contributed by atoms with Crippen LogP contribution in [0.3, 0.4) is 0 Å². The Morgan fingerprint density at radius 3 is 1.41 bits per heavy atom. The van der Waals surface area contributed by atoms with Gasteiger partial charge < -0.3 is 18.6 Å². The first-order valence-electron chi connectivity index (χ1n) is 24.4. The number of fused-ring (bicyclic) bond motifs is 12. The molecule has 0 aliphatic carbocycles. The SMILES string of the molecule is C=C/C=C(\C=C/C)N(c1cccc(-c2ccccc2)c1)c1cccc2c1c1cccc3c4cc5c(cc4n2c31)c1cccc2c3c(N(c4ccccc4)c4cccc(-c6ccccc6)c4)cccc3n5c12. The Morgan fingerprint density at radius 1 is 0.394 bits per heavy atom. The number of hydrogen-bond acceptors (Lipinski definition) is 2. The lowest BCUT2D eigenvalue weighted by molar-refractivity contribution is 1.22. The smallest absolute Gasteiger partial charge is 0.0621 e. The van der Waals surface area contributed by atoms with Crippen molar-refractivity contribution in [3.63, 3.8) is 0 Å². The molecule has 10 aromatic carbocycles. The third-order valence-corrected chi connectivity index (χ3v) is 14.6. The van der Waals surface area contributed by atoms with Gasteiger partial charge in [-0.25, -0.2) is 0 Å². The van der Waals surface area contributed by atoms with Crippen LogP contribution < -0.4 is 9.80 Å². The quantitative estimate of drug-likeness (QED) is 0.127. The third kappa shape index (κ3) is 6.11. The second kappa shape index (κ2) is 16.1. The number of allylic oxidation sites excluding steroid dienone is 4. The van der Waals surface area contributed by atoms with E-state index in [2.05, 4.69) is 275 Å². The largest absolute Gasteiger partial charge is 0.310 e. The molecule has 14 rings (SSSR count). The monoisotopic (exact) mass is 906 g/mol. The van der Waals surface area contributed by atoms with Gasteiger partial charge in [-0.15, -0.1) is 0 Å². The number of aromatic nitrogens is 2. The predicted molar refractivity (Wildman–Crippen MR) is 303 cm³/mol. The predicted octanol–water partition coefficient (Wildman–Crippen LogP) is 18.6. The standard InChI is InChI=1S/C67H46N4/c1-3-20-48(21-4-2)68(50-30-14-26-46(40-50)44-22-8-5-9-23-44)58-36-18-38-60-64(58)54-34-16-32-52-56-43-63-57(42-62(56)70(60)66(52)54)53-33-17-35-55-65-59(37-19-39-61(65)71(63)67(53)55)69(49-28-12-7-13-29-49)51-31-15-27-47(41-51)45-24-10-6-11-25-45/h3-43H,1H2,2H3/b21-4-,48-20+. The fraction of sp³-hybridized carbons (Fsp3) is 0.0149. The van der Waals surface area contributed by atoms with Crippen LogP contribution in [0.15, 0.2) is 261 Å². The molecule has 0 amide bonds. The van der Waals surface area contributed by atoms with Gasteiger partial charge in [-0.3, -0.25) is 0 Å². The van der Waals surface area contributed by atoms with Crippen molar-refractivity contribution >= 4 is 105 Å². The van der Waals surface area contributed by atoms with E-state index in [1.54, 1.807) is 0 Å². The molecule has 334 valence electrons. The zero-order valence-electron chi connectivity index (χ0n) is 39.2. The first kappa shape index (κ1) is 40.7. The van der Waals surface area contributed by atoms with Crippen LogP contribution in [0.2, 0.25) is 0 Å². The Bertz CT molecular complexity index is 4420. The summed E-state index contributed by atoms with van der Waals surface area (Å²) in [5.41, 5.74) is 18.6. The lowest BCUT2D eigenvalue weighted by Gasteiger charge is -2.28. The molecule has 0 N–H and O–H groups in total. The summed E-state index contributed by atoms with van der Waals surface area (Å²) < 4.78 is 5.05. The van der Waals surface area contributed by atoms with Gasteiger partial charge in [0.15, 0.2) is 0 Å². The highest BCUT2D eigenvalue weighted by atomic mass is 15.2. The summed E-state index contributed by atoms with van der Waals surface area (Å²) in [6.45, 7) is 6.23. The summed E-state index contributed by atoms with van der Waals surface area (Å²) in [7, 11) is 0. The van der Waals surface area contributed by atoms with Crippen molar-refractivity contribution in [2.45, 2.75) is 6.92 Å².